The van der Waals surface area contributed by atoms with Crippen LogP contribution in [0.15, 0.2) is 24.8 Å². The lowest BCUT2D eigenvalue weighted by molar-refractivity contribution is -0.134. The molecule has 1 atom stereocenters. The number of amides is 1. The maximum Gasteiger partial charge on any atom is 0.225 e. The van der Waals surface area contributed by atoms with Crippen LogP contribution in [-0.4, -0.2) is 67.3 Å². The monoisotopic (exact) mass is 461 g/mol. The molecule has 1 amide bonds. The van der Waals surface area contributed by atoms with Gasteiger partial charge in [-0.15, -0.1) is 0 Å². The molecule has 0 aromatic carbocycles. The molecule has 34 heavy (non-hydrogen) atoms. The van der Waals surface area contributed by atoms with E-state index in [4.69, 9.17) is 14.5 Å². The van der Waals surface area contributed by atoms with Crippen LogP contribution in [0, 0.1) is 11.3 Å². The van der Waals surface area contributed by atoms with Crippen molar-refractivity contribution in [2.24, 2.45) is 0 Å². The molecule has 2 aromatic rings. The van der Waals surface area contributed by atoms with Crippen LogP contribution in [-0.2, 0) is 9.53 Å². The number of carbonyl (C=O) groups is 1. The molecule has 2 fully saturated rings. The van der Waals surface area contributed by atoms with Crippen molar-refractivity contribution >= 4 is 17.8 Å². The summed E-state index contributed by atoms with van der Waals surface area (Å²) in [6.07, 6.45) is 4.23. The van der Waals surface area contributed by atoms with E-state index >= 15 is 0 Å². The van der Waals surface area contributed by atoms with E-state index in [0.717, 1.165) is 29.7 Å². The summed E-state index contributed by atoms with van der Waals surface area (Å²) in [5.41, 5.74) is 4.10. The molecule has 1 aliphatic carbocycles. The molecule has 0 spiro atoms. The van der Waals surface area contributed by atoms with Crippen LogP contribution in [0.1, 0.15) is 49.1 Å². The Hall–Kier alpha value is -3.44. The summed E-state index contributed by atoms with van der Waals surface area (Å²) in [7, 11) is 3.19. The van der Waals surface area contributed by atoms with Gasteiger partial charge < -0.3 is 19.3 Å². The molecule has 0 bridgehead atoms. The summed E-state index contributed by atoms with van der Waals surface area (Å²) in [5.74, 6) is 1.68. The van der Waals surface area contributed by atoms with Gasteiger partial charge in [0.05, 0.1) is 37.1 Å². The summed E-state index contributed by atoms with van der Waals surface area (Å²) in [4.78, 5) is 26.0. The lowest BCUT2D eigenvalue weighted by atomic mass is 9.99. The van der Waals surface area contributed by atoms with E-state index in [0.29, 0.717) is 61.5 Å². The van der Waals surface area contributed by atoms with Crippen LogP contribution in [0.5, 0.6) is 5.88 Å². The zero-order valence-electron chi connectivity index (χ0n) is 20.1. The molecule has 8 heteroatoms. The van der Waals surface area contributed by atoms with Gasteiger partial charge in [0.1, 0.15) is 11.9 Å². The van der Waals surface area contributed by atoms with Crippen molar-refractivity contribution in [1.82, 2.24) is 14.9 Å². The van der Waals surface area contributed by atoms with E-state index in [2.05, 4.69) is 22.5 Å². The van der Waals surface area contributed by atoms with Crippen LogP contribution in [0.2, 0.25) is 0 Å². The van der Waals surface area contributed by atoms with Gasteiger partial charge in [-0.2, -0.15) is 5.26 Å². The Balaban J connectivity index is 1.67. The lowest BCUT2D eigenvalue weighted by Gasteiger charge is -2.41. The number of rotatable bonds is 8. The molecule has 3 heterocycles. The second-order valence-corrected chi connectivity index (χ2v) is 8.83. The van der Waals surface area contributed by atoms with Gasteiger partial charge in [0.25, 0.3) is 0 Å². The van der Waals surface area contributed by atoms with Crippen LogP contribution >= 0.6 is 0 Å². The van der Waals surface area contributed by atoms with Crippen molar-refractivity contribution in [1.29, 1.82) is 5.26 Å². The lowest BCUT2D eigenvalue weighted by Crippen LogP contribution is -2.54. The first-order chi connectivity index (χ1) is 16.5. The molecule has 2 aliphatic rings. The molecule has 0 unspecified atom stereocenters. The third-order valence-corrected chi connectivity index (χ3v) is 6.43. The Bertz CT molecular complexity index is 1120. The Kier molecular flexibility index (Phi) is 7.13. The number of piperazine rings is 1. The minimum atomic E-state index is 0.0232. The number of anilines is 1. The Morgan fingerprint density at radius 2 is 2.06 bits per heavy atom. The van der Waals surface area contributed by atoms with Gasteiger partial charge in [0, 0.05) is 50.3 Å². The van der Waals surface area contributed by atoms with Crippen molar-refractivity contribution in [3.63, 3.8) is 0 Å². The van der Waals surface area contributed by atoms with Gasteiger partial charge in [-0.1, -0.05) is 6.58 Å². The van der Waals surface area contributed by atoms with E-state index in [9.17, 15) is 10.1 Å². The standard InChI is InChI=1S/C26H31N5O3/c1-5-21-12-19(14-23(28-21)34-4)22-13-20(15-27)26(29-25(22)18-6-7-18)30-9-10-31(17(2)16-30)24(32)8-11-33-3/h5,12-14,17-18H,1,6-11,16H2,2-4H3/t17-/m1/s1. The number of hydrogen-bond acceptors (Lipinski definition) is 7. The Morgan fingerprint density at radius 1 is 1.26 bits per heavy atom. The van der Waals surface area contributed by atoms with E-state index in [1.165, 1.54) is 0 Å². The number of hydrogen-bond donors (Lipinski definition) is 0. The number of nitrogens with zero attached hydrogens (tertiary/aromatic N) is 5. The van der Waals surface area contributed by atoms with Crippen molar-refractivity contribution in [3.8, 4) is 23.1 Å². The second kappa shape index (κ2) is 10.2. The normalized spacial score (nSPS) is 17.9. The predicted molar refractivity (Wildman–Crippen MR) is 131 cm³/mol. The highest BCUT2D eigenvalue weighted by Gasteiger charge is 2.33. The molecule has 1 saturated heterocycles. The largest absolute Gasteiger partial charge is 0.481 e. The fourth-order valence-corrected chi connectivity index (χ4v) is 4.48. The average molecular weight is 462 g/mol. The number of methoxy groups -OCH3 is 2. The van der Waals surface area contributed by atoms with E-state index in [-0.39, 0.29) is 11.9 Å². The molecule has 1 aliphatic heterocycles. The van der Waals surface area contributed by atoms with E-state index in [1.807, 2.05) is 30.0 Å². The third kappa shape index (κ3) is 4.90. The van der Waals surface area contributed by atoms with Crippen molar-refractivity contribution in [2.45, 2.75) is 38.1 Å². The fourth-order valence-electron chi connectivity index (χ4n) is 4.48. The maximum atomic E-state index is 12.5. The topological polar surface area (TPSA) is 91.6 Å². The highest BCUT2D eigenvalue weighted by atomic mass is 16.5. The number of ether oxygens (including phenoxy) is 2. The fraction of sp³-hybridized carbons (Fsp3) is 0.462. The van der Waals surface area contributed by atoms with Gasteiger partial charge in [-0.05, 0) is 43.5 Å². The van der Waals surface area contributed by atoms with Crippen molar-refractivity contribution in [3.05, 3.63) is 41.7 Å². The molecule has 0 radical (unpaired) electrons. The average Bonchev–Trinajstić information content (AvgIpc) is 3.71. The van der Waals surface area contributed by atoms with E-state index < -0.39 is 0 Å². The molecule has 1 saturated carbocycles. The molecule has 8 nitrogen and oxygen atoms in total. The molecule has 0 N–H and O–H groups in total. The predicted octanol–water partition coefficient (Wildman–Crippen LogP) is 3.62. The SMILES string of the molecule is C=Cc1cc(-c2cc(C#N)c(N3CCN(C(=O)CCOC)[C@H](C)C3)nc2C2CC2)cc(OC)n1. The van der Waals surface area contributed by atoms with Crippen LogP contribution in [0.25, 0.3) is 17.2 Å². The smallest absolute Gasteiger partial charge is 0.225 e. The molecule has 178 valence electrons. The molecular formula is C26H31N5O3. The number of nitriles is 1. The highest BCUT2D eigenvalue weighted by molar-refractivity contribution is 5.77. The quantitative estimate of drug-likeness (QED) is 0.593. The molecule has 4 rings (SSSR count). The number of pyridine rings is 2. The first-order valence-electron chi connectivity index (χ1n) is 11.7. The summed E-state index contributed by atoms with van der Waals surface area (Å²) in [6.45, 7) is 8.16. The van der Waals surface area contributed by atoms with Gasteiger partial charge in [-0.25, -0.2) is 9.97 Å². The zero-order chi connectivity index (χ0) is 24.2. The van der Waals surface area contributed by atoms with Gasteiger partial charge in [0.15, 0.2) is 0 Å². The molecule has 2 aromatic heterocycles. The summed E-state index contributed by atoms with van der Waals surface area (Å²) in [5, 5.41) is 10.0. The van der Waals surface area contributed by atoms with Crippen LogP contribution in [0.3, 0.4) is 0 Å². The van der Waals surface area contributed by atoms with Gasteiger partial charge >= 0.3 is 0 Å². The maximum absolute atomic E-state index is 12.5. The second-order valence-electron chi connectivity index (χ2n) is 8.83. The zero-order valence-corrected chi connectivity index (χ0v) is 20.1. The summed E-state index contributed by atoms with van der Waals surface area (Å²) in [6, 6.07) is 8.15. The Labute approximate surface area is 200 Å². The number of carbonyl (C=O) groups excluding carboxylic acids is 1. The minimum Gasteiger partial charge on any atom is -0.481 e. The first kappa shape index (κ1) is 23.7. The van der Waals surface area contributed by atoms with Gasteiger partial charge in [-0.3, -0.25) is 4.79 Å². The van der Waals surface area contributed by atoms with Crippen LogP contribution in [0.4, 0.5) is 5.82 Å². The van der Waals surface area contributed by atoms with Crippen LogP contribution < -0.4 is 9.64 Å². The first-order valence-corrected chi connectivity index (χ1v) is 11.7. The van der Waals surface area contributed by atoms with Crippen molar-refractivity contribution in [2.75, 3.05) is 45.4 Å². The molecular weight excluding hydrogens is 430 g/mol. The van der Waals surface area contributed by atoms with E-state index in [1.54, 1.807) is 20.3 Å². The highest BCUT2D eigenvalue weighted by Crippen LogP contribution is 2.45. The third-order valence-electron chi connectivity index (χ3n) is 6.43. The number of aromatic nitrogens is 2. The van der Waals surface area contributed by atoms with Gasteiger partial charge in [0.2, 0.25) is 11.8 Å². The summed E-state index contributed by atoms with van der Waals surface area (Å²) >= 11 is 0. The Morgan fingerprint density at radius 3 is 2.68 bits per heavy atom. The summed E-state index contributed by atoms with van der Waals surface area (Å²) < 4.78 is 10.4. The minimum absolute atomic E-state index is 0.0232. The van der Waals surface area contributed by atoms with Crippen molar-refractivity contribution < 1.29 is 14.3 Å².